The lowest BCUT2D eigenvalue weighted by Crippen LogP contribution is -2.44. The second-order valence-electron chi connectivity index (χ2n) is 9.97. The van der Waals surface area contributed by atoms with Crippen LogP contribution in [0.3, 0.4) is 0 Å². The number of ether oxygens (including phenoxy) is 1. The number of hydrogen-bond donors (Lipinski definition) is 2. The van der Waals surface area contributed by atoms with Crippen LogP contribution >= 0.6 is 0 Å². The van der Waals surface area contributed by atoms with Crippen molar-refractivity contribution in [3.05, 3.63) is 58.9 Å². The van der Waals surface area contributed by atoms with Gasteiger partial charge in [-0.05, 0) is 68.9 Å². The Balaban J connectivity index is 1.71. The summed E-state index contributed by atoms with van der Waals surface area (Å²) in [5, 5.41) is 2.77. The normalized spacial score (nSPS) is 26.0. The molecule has 1 unspecified atom stereocenters. The average molecular weight is 516 g/mol. The summed E-state index contributed by atoms with van der Waals surface area (Å²) in [4.78, 5) is 26.5. The van der Waals surface area contributed by atoms with Gasteiger partial charge in [0.15, 0.2) is 5.66 Å². The summed E-state index contributed by atoms with van der Waals surface area (Å²) >= 11 is 0. The lowest BCUT2D eigenvalue weighted by atomic mass is 9.63. The van der Waals surface area contributed by atoms with Crippen molar-refractivity contribution < 1.29 is 22.7 Å². The number of pyridine rings is 1. The van der Waals surface area contributed by atoms with Crippen LogP contribution in [0.4, 0.5) is 18.9 Å². The van der Waals surface area contributed by atoms with E-state index in [2.05, 4.69) is 17.2 Å². The monoisotopic (exact) mass is 515 g/mol. The molecule has 1 aliphatic carbocycles. The molecule has 2 aromatic rings. The highest BCUT2D eigenvalue weighted by atomic mass is 19.4. The minimum atomic E-state index is -4.53. The molecule has 37 heavy (non-hydrogen) atoms. The summed E-state index contributed by atoms with van der Waals surface area (Å²) in [7, 11) is 1.73. The number of carbonyl (C=O) groups is 1. The van der Waals surface area contributed by atoms with Gasteiger partial charge < -0.3 is 15.8 Å². The van der Waals surface area contributed by atoms with Gasteiger partial charge in [-0.25, -0.2) is 4.99 Å². The van der Waals surface area contributed by atoms with Gasteiger partial charge in [-0.2, -0.15) is 13.2 Å². The summed E-state index contributed by atoms with van der Waals surface area (Å²) < 4.78 is 44.2. The van der Waals surface area contributed by atoms with Crippen LogP contribution in [0.2, 0.25) is 0 Å². The number of halogens is 3. The van der Waals surface area contributed by atoms with Crippen molar-refractivity contribution in [3.8, 4) is 0 Å². The zero-order valence-electron chi connectivity index (χ0n) is 21.4. The number of methoxy groups -OCH3 is 1. The first-order chi connectivity index (χ1) is 17.4. The molecule has 1 amide bonds. The number of anilines is 1. The van der Waals surface area contributed by atoms with Crippen molar-refractivity contribution in [2.24, 2.45) is 21.1 Å². The first-order valence-electron chi connectivity index (χ1n) is 12.4. The van der Waals surface area contributed by atoms with Gasteiger partial charge >= 0.3 is 6.18 Å². The standard InChI is InChI=1S/C27H32F3N5O2/c1-5-17-6-8-19(33-24(36)22-9-7-18(15-32-22)27(28,29)30)14-21(17)26(34-16(2)23(31)35-26)25(3)12-10-20(37-4)11-13-25/h6-9,14-15,20H,5,10-13H2,1-4H3,(H2,31,35)(H,33,36). The number of alkyl halides is 3. The van der Waals surface area contributed by atoms with E-state index in [1.807, 2.05) is 26.0 Å². The SMILES string of the molecule is CCc1ccc(NC(=O)c2ccc(C(F)(F)F)cn2)cc1C1(C2(C)CCC(OC)CC2)N=C(C)C(N)=N1. The second kappa shape index (κ2) is 9.89. The molecule has 198 valence electrons. The lowest BCUT2D eigenvalue weighted by molar-refractivity contribution is -0.137. The molecule has 1 fully saturated rings. The van der Waals surface area contributed by atoms with E-state index < -0.39 is 23.3 Å². The number of hydrogen-bond acceptors (Lipinski definition) is 6. The predicted molar refractivity (Wildman–Crippen MR) is 137 cm³/mol. The number of rotatable bonds is 6. The number of nitrogens with zero attached hydrogens (tertiary/aromatic N) is 3. The maximum Gasteiger partial charge on any atom is 0.417 e. The maximum absolute atomic E-state index is 12.9. The molecule has 0 saturated heterocycles. The van der Waals surface area contributed by atoms with Crippen LogP contribution in [0.5, 0.6) is 0 Å². The van der Waals surface area contributed by atoms with E-state index in [-0.39, 0.29) is 17.2 Å². The summed E-state index contributed by atoms with van der Waals surface area (Å²) in [5.74, 6) is -0.223. The fourth-order valence-electron chi connectivity index (χ4n) is 5.29. The van der Waals surface area contributed by atoms with Gasteiger partial charge in [0.25, 0.3) is 5.91 Å². The van der Waals surface area contributed by atoms with Crippen molar-refractivity contribution in [2.45, 2.75) is 70.8 Å². The topological polar surface area (TPSA) is 102 Å². The summed E-state index contributed by atoms with van der Waals surface area (Å²) in [5.41, 5.74) is 6.96. The molecule has 0 spiro atoms. The average Bonchev–Trinajstić information content (AvgIpc) is 3.19. The number of carbonyl (C=O) groups excluding carboxylic acids is 1. The Bertz CT molecular complexity index is 1210. The third kappa shape index (κ3) is 4.99. The van der Waals surface area contributed by atoms with E-state index in [0.29, 0.717) is 29.9 Å². The molecule has 0 radical (unpaired) electrons. The highest BCUT2D eigenvalue weighted by Crippen LogP contribution is 2.55. The first-order valence-corrected chi connectivity index (χ1v) is 12.4. The van der Waals surface area contributed by atoms with Crippen LogP contribution in [-0.2, 0) is 23.0 Å². The Morgan fingerprint density at radius 2 is 1.89 bits per heavy atom. The number of amides is 1. The van der Waals surface area contributed by atoms with Gasteiger partial charge in [0.1, 0.15) is 11.5 Å². The summed E-state index contributed by atoms with van der Waals surface area (Å²) in [6.45, 7) is 6.06. The third-order valence-electron chi connectivity index (χ3n) is 7.64. The maximum atomic E-state index is 12.9. The van der Waals surface area contributed by atoms with Crippen molar-refractivity contribution in [2.75, 3.05) is 12.4 Å². The Morgan fingerprint density at radius 1 is 1.19 bits per heavy atom. The number of amidine groups is 1. The Morgan fingerprint density at radius 3 is 2.41 bits per heavy atom. The summed E-state index contributed by atoms with van der Waals surface area (Å²) in [6.07, 6.45) is 0.425. The molecule has 0 bridgehead atoms. The number of aromatic nitrogens is 1. The highest BCUT2D eigenvalue weighted by Gasteiger charge is 2.54. The Labute approximate surface area is 214 Å². The van der Waals surface area contributed by atoms with Gasteiger partial charge in [-0.1, -0.05) is 19.9 Å². The quantitative estimate of drug-likeness (QED) is 0.531. The van der Waals surface area contributed by atoms with Crippen LogP contribution in [0.15, 0.2) is 46.5 Å². The molecule has 10 heteroatoms. The molecule has 4 rings (SSSR count). The van der Waals surface area contributed by atoms with E-state index in [1.165, 1.54) is 0 Å². The van der Waals surface area contributed by atoms with Gasteiger partial charge in [-0.3, -0.25) is 14.8 Å². The minimum Gasteiger partial charge on any atom is -0.382 e. The van der Waals surface area contributed by atoms with Crippen molar-refractivity contribution in [1.82, 2.24) is 4.98 Å². The van der Waals surface area contributed by atoms with Crippen LogP contribution in [0.1, 0.15) is 73.6 Å². The molecule has 1 aliphatic heterocycles. The number of benzene rings is 1. The molecule has 1 saturated carbocycles. The van der Waals surface area contributed by atoms with Gasteiger partial charge in [0.05, 0.1) is 17.4 Å². The van der Waals surface area contributed by atoms with Crippen LogP contribution in [0, 0.1) is 5.41 Å². The van der Waals surface area contributed by atoms with E-state index in [1.54, 1.807) is 13.2 Å². The predicted octanol–water partition coefficient (Wildman–Crippen LogP) is 5.49. The molecule has 1 aromatic carbocycles. The van der Waals surface area contributed by atoms with Crippen LogP contribution in [-0.4, -0.2) is 35.7 Å². The van der Waals surface area contributed by atoms with Gasteiger partial charge in [0, 0.05) is 30.0 Å². The number of aryl methyl sites for hydroxylation is 1. The zero-order chi connectivity index (χ0) is 27.0. The number of nitrogens with two attached hydrogens (primary N) is 1. The fourth-order valence-corrected chi connectivity index (χ4v) is 5.29. The minimum absolute atomic E-state index is 0.120. The molecule has 2 heterocycles. The van der Waals surface area contributed by atoms with E-state index in [0.717, 1.165) is 48.9 Å². The smallest absolute Gasteiger partial charge is 0.382 e. The van der Waals surface area contributed by atoms with E-state index >= 15 is 0 Å². The number of aliphatic imine (C=N–C) groups is 2. The molecule has 2 aliphatic rings. The van der Waals surface area contributed by atoms with Crippen LogP contribution in [0.25, 0.3) is 0 Å². The summed E-state index contributed by atoms with van der Waals surface area (Å²) in [6, 6.07) is 7.44. The van der Waals surface area contributed by atoms with E-state index in [9.17, 15) is 18.0 Å². The zero-order valence-corrected chi connectivity index (χ0v) is 21.4. The first kappa shape index (κ1) is 26.8. The van der Waals surface area contributed by atoms with Crippen LogP contribution < -0.4 is 11.1 Å². The largest absolute Gasteiger partial charge is 0.417 e. The molecule has 1 atom stereocenters. The molecule has 3 N–H and O–H groups in total. The number of nitrogens with one attached hydrogen (secondary N) is 1. The third-order valence-corrected chi connectivity index (χ3v) is 7.64. The molecular formula is C27H32F3N5O2. The Hall–Kier alpha value is -3.27. The van der Waals surface area contributed by atoms with Crippen molar-refractivity contribution >= 4 is 23.1 Å². The van der Waals surface area contributed by atoms with Gasteiger partial charge in [0.2, 0.25) is 0 Å². The lowest BCUT2D eigenvalue weighted by Gasteiger charge is -2.47. The second-order valence-corrected chi connectivity index (χ2v) is 9.97. The molecular weight excluding hydrogens is 483 g/mol. The molecule has 1 aromatic heterocycles. The van der Waals surface area contributed by atoms with Gasteiger partial charge in [-0.15, -0.1) is 0 Å². The van der Waals surface area contributed by atoms with Crippen molar-refractivity contribution in [1.29, 1.82) is 0 Å². The fraction of sp³-hybridized carbons (Fsp3) is 0.481. The molecule has 7 nitrogen and oxygen atoms in total. The van der Waals surface area contributed by atoms with Crippen molar-refractivity contribution in [3.63, 3.8) is 0 Å². The Kier molecular flexibility index (Phi) is 7.16. The highest BCUT2D eigenvalue weighted by molar-refractivity contribution is 6.41. The van der Waals surface area contributed by atoms with E-state index in [4.69, 9.17) is 20.5 Å².